The molecule has 124 valence electrons. The molecule has 0 fully saturated rings. The molecular weight excluding hydrogens is 304 g/mol. The molecule has 0 saturated carbocycles. The molecule has 6 heteroatoms. The number of rotatable bonds is 5. The minimum Gasteiger partial charge on any atom is -0.328 e. The SMILES string of the molecule is Cc1cc(-c2nc3cc(C=O)ccc3n2CCN(C)C)c[nH]c1=O. The first kappa shape index (κ1) is 16.1. The van der Waals surface area contributed by atoms with Crippen LogP contribution in [0.4, 0.5) is 0 Å². The maximum absolute atomic E-state index is 11.6. The predicted molar refractivity (Wildman–Crippen MR) is 94.5 cm³/mol. The third-order valence-electron chi connectivity index (χ3n) is 4.03. The Bertz CT molecular complexity index is 953. The molecule has 0 bridgehead atoms. The lowest BCUT2D eigenvalue weighted by Gasteiger charge is -2.13. The molecule has 0 unspecified atom stereocenters. The number of benzene rings is 1. The Morgan fingerprint density at radius 1 is 1.29 bits per heavy atom. The summed E-state index contributed by atoms with van der Waals surface area (Å²) < 4.78 is 2.12. The van der Waals surface area contributed by atoms with E-state index in [2.05, 4.69) is 14.5 Å². The zero-order valence-corrected chi connectivity index (χ0v) is 14.0. The first-order valence-corrected chi connectivity index (χ1v) is 7.79. The van der Waals surface area contributed by atoms with Crippen LogP contribution in [0.2, 0.25) is 0 Å². The molecule has 0 atom stereocenters. The van der Waals surface area contributed by atoms with Gasteiger partial charge in [-0.2, -0.15) is 0 Å². The lowest BCUT2D eigenvalue weighted by atomic mass is 10.2. The van der Waals surface area contributed by atoms with Gasteiger partial charge in [0.2, 0.25) is 0 Å². The number of aromatic nitrogens is 3. The van der Waals surface area contributed by atoms with Crippen LogP contribution in [0.25, 0.3) is 22.4 Å². The van der Waals surface area contributed by atoms with Crippen LogP contribution in [0.5, 0.6) is 0 Å². The highest BCUT2D eigenvalue weighted by Gasteiger charge is 2.14. The van der Waals surface area contributed by atoms with E-state index in [1.807, 2.05) is 26.2 Å². The summed E-state index contributed by atoms with van der Waals surface area (Å²) in [6.45, 7) is 3.40. The topological polar surface area (TPSA) is 71.0 Å². The van der Waals surface area contributed by atoms with E-state index in [4.69, 9.17) is 4.98 Å². The number of likely N-dealkylation sites (N-methyl/N-ethyl adjacent to an activating group) is 1. The normalized spacial score (nSPS) is 11.3. The average Bonchev–Trinajstić information content (AvgIpc) is 2.93. The van der Waals surface area contributed by atoms with E-state index in [0.717, 1.165) is 41.8 Å². The number of nitrogens with one attached hydrogen (secondary N) is 1. The van der Waals surface area contributed by atoms with Crippen LogP contribution in [0.1, 0.15) is 15.9 Å². The van der Waals surface area contributed by atoms with Gasteiger partial charge in [0.25, 0.3) is 5.56 Å². The van der Waals surface area contributed by atoms with Crippen molar-refractivity contribution in [1.82, 2.24) is 19.4 Å². The number of carbonyl (C=O) groups is 1. The molecule has 2 heterocycles. The summed E-state index contributed by atoms with van der Waals surface area (Å²) in [6.07, 6.45) is 2.51. The molecule has 3 rings (SSSR count). The maximum atomic E-state index is 11.6. The van der Waals surface area contributed by atoms with Crippen LogP contribution in [-0.4, -0.2) is 46.4 Å². The minimum atomic E-state index is -0.0991. The number of hydrogen-bond acceptors (Lipinski definition) is 4. The fraction of sp³-hybridized carbons (Fsp3) is 0.278. The van der Waals surface area contributed by atoms with Crippen molar-refractivity contribution in [2.45, 2.75) is 13.5 Å². The first-order valence-electron chi connectivity index (χ1n) is 7.79. The molecule has 0 aliphatic carbocycles. The van der Waals surface area contributed by atoms with Gasteiger partial charge >= 0.3 is 0 Å². The average molecular weight is 324 g/mol. The molecule has 3 aromatic rings. The molecule has 6 nitrogen and oxygen atoms in total. The van der Waals surface area contributed by atoms with E-state index in [0.29, 0.717) is 11.1 Å². The second-order valence-corrected chi connectivity index (χ2v) is 6.16. The summed E-state index contributed by atoms with van der Waals surface area (Å²) in [5, 5.41) is 0. The predicted octanol–water partition coefficient (Wildman–Crippen LogP) is 2.07. The molecule has 24 heavy (non-hydrogen) atoms. The number of carbonyl (C=O) groups excluding carboxylic acids is 1. The van der Waals surface area contributed by atoms with Crippen molar-refractivity contribution in [3.8, 4) is 11.4 Å². The van der Waals surface area contributed by atoms with Gasteiger partial charge in [0.1, 0.15) is 12.1 Å². The zero-order valence-electron chi connectivity index (χ0n) is 14.0. The quantitative estimate of drug-likeness (QED) is 0.729. The van der Waals surface area contributed by atoms with Crippen molar-refractivity contribution in [2.24, 2.45) is 0 Å². The van der Waals surface area contributed by atoms with E-state index < -0.39 is 0 Å². The number of imidazole rings is 1. The van der Waals surface area contributed by atoms with Gasteiger partial charge in [0.15, 0.2) is 0 Å². The summed E-state index contributed by atoms with van der Waals surface area (Å²) in [5.74, 6) is 0.786. The lowest BCUT2D eigenvalue weighted by Crippen LogP contribution is -2.19. The number of aldehydes is 1. The summed E-state index contributed by atoms with van der Waals surface area (Å²) in [5.41, 5.74) is 3.75. The Kier molecular flexibility index (Phi) is 4.31. The van der Waals surface area contributed by atoms with E-state index in [1.165, 1.54) is 0 Å². The number of nitrogens with zero attached hydrogens (tertiary/aromatic N) is 3. The Morgan fingerprint density at radius 2 is 2.08 bits per heavy atom. The number of aryl methyl sites for hydroxylation is 1. The van der Waals surface area contributed by atoms with Gasteiger partial charge in [0.05, 0.1) is 11.0 Å². The van der Waals surface area contributed by atoms with E-state index in [9.17, 15) is 9.59 Å². The highest BCUT2D eigenvalue weighted by Crippen LogP contribution is 2.25. The third-order valence-corrected chi connectivity index (χ3v) is 4.03. The van der Waals surface area contributed by atoms with Gasteiger partial charge < -0.3 is 14.5 Å². The molecule has 0 amide bonds. The van der Waals surface area contributed by atoms with Gasteiger partial charge in [-0.25, -0.2) is 4.98 Å². The van der Waals surface area contributed by atoms with Gasteiger partial charge in [0, 0.05) is 36.0 Å². The molecular formula is C18H20N4O2. The second-order valence-electron chi connectivity index (χ2n) is 6.16. The molecule has 0 saturated heterocycles. The second kappa shape index (κ2) is 6.41. The van der Waals surface area contributed by atoms with Crippen LogP contribution in [-0.2, 0) is 6.54 Å². The van der Waals surface area contributed by atoms with E-state index >= 15 is 0 Å². The van der Waals surface area contributed by atoms with Gasteiger partial charge in [-0.05, 0) is 45.3 Å². The van der Waals surface area contributed by atoms with Crippen molar-refractivity contribution in [3.05, 3.63) is 51.9 Å². The van der Waals surface area contributed by atoms with Crippen molar-refractivity contribution >= 4 is 17.3 Å². The van der Waals surface area contributed by atoms with Crippen molar-refractivity contribution in [3.63, 3.8) is 0 Å². The molecule has 1 aromatic carbocycles. The summed E-state index contributed by atoms with van der Waals surface area (Å²) in [7, 11) is 4.04. The lowest BCUT2D eigenvalue weighted by molar-refractivity contribution is 0.112. The smallest absolute Gasteiger partial charge is 0.250 e. The third kappa shape index (κ3) is 3.00. The molecule has 2 aromatic heterocycles. The van der Waals surface area contributed by atoms with Crippen LogP contribution >= 0.6 is 0 Å². The maximum Gasteiger partial charge on any atom is 0.250 e. The summed E-state index contributed by atoms with van der Waals surface area (Å²) in [6, 6.07) is 7.35. The van der Waals surface area contributed by atoms with Crippen LogP contribution in [0.3, 0.4) is 0 Å². The number of pyridine rings is 1. The van der Waals surface area contributed by atoms with Gasteiger partial charge in [-0.3, -0.25) is 9.59 Å². The summed E-state index contributed by atoms with van der Waals surface area (Å²) >= 11 is 0. The van der Waals surface area contributed by atoms with Crippen molar-refractivity contribution < 1.29 is 4.79 Å². The van der Waals surface area contributed by atoms with Crippen LogP contribution < -0.4 is 5.56 Å². The fourth-order valence-corrected chi connectivity index (χ4v) is 2.69. The Balaban J connectivity index is 2.19. The number of hydrogen-bond donors (Lipinski definition) is 1. The van der Waals surface area contributed by atoms with E-state index in [-0.39, 0.29) is 5.56 Å². The largest absolute Gasteiger partial charge is 0.328 e. The molecule has 0 aliphatic heterocycles. The van der Waals surface area contributed by atoms with Crippen LogP contribution in [0, 0.1) is 6.92 Å². The summed E-state index contributed by atoms with van der Waals surface area (Å²) in [4.78, 5) is 32.2. The number of aromatic amines is 1. The minimum absolute atomic E-state index is 0.0991. The monoisotopic (exact) mass is 324 g/mol. The van der Waals surface area contributed by atoms with Crippen molar-refractivity contribution in [2.75, 3.05) is 20.6 Å². The number of fused-ring (bicyclic) bond motifs is 1. The van der Waals surface area contributed by atoms with Crippen molar-refractivity contribution in [1.29, 1.82) is 0 Å². The Morgan fingerprint density at radius 3 is 2.75 bits per heavy atom. The molecule has 0 radical (unpaired) electrons. The van der Waals surface area contributed by atoms with Gasteiger partial charge in [-0.1, -0.05) is 0 Å². The van der Waals surface area contributed by atoms with Crippen LogP contribution in [0.15, 0.2) is 35.3 Å². The molecule has 0 aliphatic rings. The zero-order chi connectivity index (χ0) is 17.3. The fourth-order valence-electron chi connectivity index (χ4n) is 2.69. The highest BCUT2D eigenvalue weighted by molar-refractivity contribution is 5.87. The molecule has 0 spiro atoms. The first-order chi connectivity index (χ1) is 11.5. The Labute approximate surface area is 139 Å². The molecule has 1 N–H and O–H groups in total. The number of H-pyrrole nitrogens is 1. The van der Waals surface area contributed by atoms with E-state index in [1.54, 1.807) is 25.3 Å². The Hall–Kier alpha value is -2.73. The van der Waals surface area contributed by atoms with Gasteiger partial charge in [-0.15, -0.1) is 0 Å². The highest BCUT2D eigenvalue weighted by atomic mass is 16.1. The standard InChI is InChI=1S/C18H20N4O2/c1-12-8-14(10-19-18(12)24)17-20-15-9-13(11-23)4-5-16(15)22(17)7-6-21(2)3/h4-5,8-11H,6-7H2,1-3H3,(H,19,24).